The van der Waals surface area contributed by atoms with Crippen LogP contribution in [-0.4, -0.2) is 23.3 Å². The Bertz CT molecular complexity index is 685. The van der Waals surface area contributed by atoms with Crippen LogP contribution in [0.3, 0.4) is 0 Å². The third-order valence-corrected chi connectivity index (χ3v) is 3.57. The lowest BCUT2D eigenvalue weighted by Crippen LogP contribution is -2.14. The molecule has 0 aromatic heterocycles. The first-order valence-electron chi connectivity index (χ1n) is 7.04. The number of alkyl halides is 3. The van der Waals surface area contributed by atoms with Crippen molar-refractivity contribution in [3.63, 3.8) is 0 Å². The second kappa shape index (κ2) is 8.78. The highest BCUT2D eigenvalue weighted by Gasteiger charge is 2.26. The van der Waals surface area contributed by atoms with Crippen molar-refractivity contribution in [3.05, 3.63) is 46.4 Å². The van der Waals surface area contributed by atoms with E-state index in [4.69, 9.17) is 32.7 Å². The maximum Gasteiger partial charge on any atom is 0.459 e. The molecule has 0 saturated carbocycles. The summed E-state index contributed by atoms with van der Waals surface area (Å²) in [5, 5.41) is 6.35. The van der Waals surface area contributed by atoms with Gasteiger partial charge in [-0.25, -0.2) is 0 Å². The Balaban J connectivity index is 1.75. The number of aromatic hydroxyl groups is 1. The predicted molar refractivity (Wildman–Crippen MR) is 94.7 cm³/mol. The molecule has 0 saturated heterocycles. The smallest absolute Gasteiger partial charge is 0.459 e. The van der Waals surface area contributed by atoms with Crippen molar-refractivity contribution in [2.75, 3.05) is 13.2 Å². The van der Waals surface area contributed by atoms with Gasteiger partial charge in [0.15, 0.2) is 5.75 Å². The van der Waals surface area contributed by atoms with Gasteiger partial charge >= 0.3 is 5.02 Å². The molecular formula is C16H13BrCl2F2O4. The molecule has 0 unspecified atom stereocenters. The maximum absolute atomic E-state index is 12.6. The normalized spacial score (nSPS) is 11.2. The highest BCUT2D eigenvalue weighted by molar-refractivity contribution is 9.09. The number of hydrogen-bond acceptors (Lipinski definition) is 4. The molecule has 136 valence electrons. The first kappa shape index (κ1) is 19.9. The molecule has 2 rings (SSSR count). The molecular weight excluding hydrogens is 445 g/mol. The number of halogens is 5. The van der Waals surface area contributed by atoms with E-state index in [-0.39, 0.29) is 21.5 Å². The van der Waals surface area contributed by atoms with Crippen LogP contribution >= 0.6 is 39.1 Å². The highest BCUT2D eigenvalue weighted by Crippen LogP contribution is 2.36. The summed E-state index contributed by atoms with van der Waals surface area (Å²) in [5.74, 6) is 0.759. The predicted octanol–water partition coefficient (Wildman–Crippen LogP) is 5.87. The zero-order chi connectivity index (χ0) is 18.4. The standard InChI is InChI=1S/C16H13BrCl2F2O4/c17-16(20,21)25-12-4-2-11(3-5-12)23-6-1-7-24-15-13(18)8-10(22)9-14(15)19/h2-5,8-9,22H,1,6-7H2. The lowest BCUT2D eigenvalue weighted by Gasteiger charge is -2.12. The molecule has 0 spiro atoms. The van der Waals surface area contributed by atoms with Gasteiger partial charge in [0.1, 0.15) is 17.2 Å². The number of benzene rings is 2. The van der Waals surface area contributed by atoms with Crippen molar-refractivity contribution in [1.82, 2.24) is 0 Å². The summed E-state index contributed by atoms with van der Waals surface area (Å²) in [6, 6.07) is 8.44. The van der Waals surface area contributed by atoms with Gasteiger partial charge in [-0.15, -0.1) is 0 Å². The van der Waals surface area contributed by atoms with Crippen LogP contribution in [0, 0.1) is 0 Å². The molecule has 0 radical (unpaired) electrons. The molecule has 4 nitrogen and oxygen atoms in total. The van der Waals surface area contributed by atoms with Crippen LogP contribution < -0.4 is 14.2 Å². The molecule has 0 heterocycles. The second-order valence-corrected chi connectivity index (χ2v) is 6.55. The zero-order valence-electron chi connectivity index (χ0n) is 12.6. The molecule has 0 amide bonds. The van der Waals surface area contributed by atoms with E-state index >= 15 is 0 Å². The average molecular weight is 458 g/mol. The topological polar surface area (TPSA) is 47.9 Å². The third kappa shape index (κ3) is 6.76. The molecule has 0 aliphatic rings. The Hall–Kier alpha value is -1.44. The molecule has 0 bridgehead atoms. The van der Waals surface area contributed by atoms with Crippen molar-refractivity contribution in [2.24, 2.45) is 0 Å². The van der Waals surface area contributed by atoms with E-state index in [0.29, 0.717) is 31.1 Å². The SMILES string of the molecule is Oc1cc(Cl)c(OCCCOc2ccc(OC(F)(F)Br)cc2)c(Cl)c1. The lowest BCUT2D eigenvalue weighted by atomic mass is 10.3. The maximum atomic E-state index is 12.6. The Kier molecular flexibility index (Phi) is 6.98. The Labute approximate surface area is 161 Å². The number of phenolic OH excluding ortho intramolecular Hbond substituents is 1. The van der Waals surface area contributed by atoms with Crippen LogP contribution in [0.5, 0.6) is 23.0 Å². The molecule has 2 aromatic rings. The summed E-state index contributed by atoms with van der Waals surface area (Å²) in [6.45, 7) is 0.628. The van der Waals surface area contributed by atoms with Gasteiger partial charge in [-0.2, -0.15) is 8.78 Å². The van der Waals surface area contributed by atoms with Gasteiger partial charge in [0.2, 0.25) is 0 Å². The summed E-state index contributed by atoms with van der Waals surface area (Å²) in [6.07, 6.45) is 0.533. The largest absolute Gasteiger partial charge is 0.508 e. The molecule has 9 heteroatoms. The van der Waals surface area contributed by atoms with Crippen LogP contribution in [0.1, 0.15) is 6.42 Å². The molecule has 0 atom stereocenters. The Morgan fingerprint density at radius 1 is 0.960 bits per heavy atom. The summed E-state index contributed by atoms with van der Waals surface area (Å²) >= 11 is 14.0. The second-order valence-electron chi connectivity index (χ2n) is 4.81. The number of rotatable bonds is 8. The van der Waals surface area contributed by atoms with E-state index in [9.17, 15) is 13.9 Å². The summed E-state index contributed by atoms with van der Waals surface area (Å²) in [5.41, 5.74) is 0. The van der Waals surface area contributed by atoms with E-state index in [1.807, 2.05) is 0 Å². The minimum atomic E-state index is -3.41. The van der Waals surface area contributed by atoms with Gasteiger partial charge in [-0.1, -0.05) is 23.2 Å². The van der Waals surface area contributed by atoms with Gasteiger partial charge in [-0.05, 0) is 24.3 Å². The van der Waals surface area contributed by atoms with Crippen LogP contribution in [0.4, 0.5) is 8.78 Å². The van der Waals surface area contributed by atoms with Crippen molar-refractivity contribution in [3.8, 4) is 23.0 Å². The molecule has 0 aliphatic carbocycles. The van der Waals surface area contributed by atoms with Crippen molar-refractivity contribution in [1.29, 1.82) is 0 Å². The van der Waals surface area contributed by atoms with Gasteiger partial charge < -0.3 is 19.3 Å². The fraction of sp³-hybridized carbons (Fsp3) is 0.250. The summed E-state index contributed by atoms with van der Waals surface area (Å²) < 4.78 is 40.5. The van der Waals surface area contributed by atoms with E-state index in [0.717, 1.165) is 0 Å². The zero-order valence-corrected chi connectivity index (χ0v) is 15.7. The molecule has 25 heavy (non-hydrogen) atoms. The van der Waals surface area contributed by atoms with E-state index in [2.05, 4.69) is 20.7 Å². The quantitative estimate of drug-likeness (QED) is 0.397. The van der Waals surface area contributed by atoms with Crippen molar-refractivity contribution >= 4 is 39.1 Å². The Morgan fingerprint density at radius 2 is 1.48 bits per heavy atom. The van der Waals surface area contributed by atoms with Gasteiger partial charge in [0, 0.05) is 34.5 Å². The lowest BCUT2D eigenvalue weighted by molar-refractivity contribution is -0.0803. The van der Waals surface area contributed by atoms with E-state index in [1.165, 1.54) is 36.4 Å². The monoisotopic (exact) mass is 456 g/mol. The third-order valence-electron chi connectivity index (χ3n) is 2.84. The van der Waals surface area contributed by atoms with Gasteiger partial charge in [0.05, 0.1) is 23.3 Å². The first-order chi connectivity index (χ1) is 11.7. The van der Waals surface area contributed by atoms with Crippen LogP contribution in [0.15, 0.2) is 36.4 Å². The van der Waals surface area contributed by atoms with Crippen molar-refractivity contribution < 1.29 is 28.1 Å². The van der Waals surface area contributed by atoms with Gasteiger partial charge in [-0.3, -0.25) is 0 Å². The molecule has 2 aromatic carbocycles. The molecule has 1 N–H and O–H groups in total. The molecule has 0 aliphatic heterocycles. The van der Waals surface area contributed by atoms with E-state index < -0.39 is 5.02 Å². The fourth-order valence-electron chi connectivity index (χ4n) is 1.85. The average Bonchev–Trinajstić information content (AvgIpc) is 2.49. The van der Waals surface area contributed by atoms with Crippen LogP contribution in [-0.2, 0) is 0 Å². The van der Waals surface area contributed by atoms with Crippen LogP contribution in [0.2, 0.25) is 10.0 Å². The number of hydrogen-bond donors (Lipinski definition) is 1. The highest BCUT2D eigenvalue weighted by atomic mass is 79.9. The Morgan fingerprint density at radius 3 is 2.04 bits per heavy atom. The van der Waals surface area contributed by atoms with Crippen LogP contribution in [0.25, 0.3) is 0 Å². The minimum absolute atomic E-state index is 0.00849. The van der Waals surface area contributed by atoms with E-state index in [1.54, 1.807) is 0 Å². The molecule has 0 fully saturated rings. The number of ether oxygens (including phenoxy) is 3. The summed E-state index contributed by atoms with van der Waals surface area (Å²) in [4.78, 5) is 0. The minimum Gasteiger partial charge on any atom is -0.508 e. The first-order valence-corrected chi connectivity index (χ1v) is 8.59. The summed E-state index contributed by atoms with van der Waals surface area (Å²) in [7, 11) is 0. The van der Waals surface area contributed by atoms with Crippen molar-refractivity contribution in [2.45, 2.75) is 11.4 Å². The van der Waals surface area contributed by atoms with Gasteiger partial charge in [0.25, 0.3) is 0 Å². The number of phenols is 1. The fourth-order valence-corrected chi connectivity index (χ4v) is 2.62.